The Hall–Kier alpha value is -6.87. The third-order valence-electron chi connectivity index (χ3n) is 14.7. The highest BCUT2D eigenvalue weighted by molar-refractivity contribution is 7.79. The standard InChI is InChI=1S/C17H16FNO3S.C17H17NO4S.C12H14Cl2FNO4S.C12H17NO5S.C10H15NO4S/c18-10-15-16(13-8-6-12(7-9-13)11-23(20)21)22-17(19-15)14-4-2-1-3-5-14;19-10-15-16(13-8-6-12(7-9-13)11-23(20)21)22-17(18-15)14-4-2-1-3-5-14;13-11(14)12(18)16-9(5-15)10(17)8-3-1-7(2-4-8)6-21(19)20;1-2-18-12(15)10(13)11(14)9-5-3-8(4-6-9)7-19(16)17;11-9(5-12)10(13)8-3-1-7(2-4-8)6-16(14)15/h1-9,15-16H,10-11H2,(H,20,21);1-9,15-16,19H,10-11H2,(H,20,21);1-4,9-11,17H,5-6H2,(H,16,18)(H,19,20);3-6,10-11,14H,2,7,13H2,1H3,(H,16,17);1-4,9-10,12-13H,5-6,11H2,(H,14,15)/p-5/t2*15-,16-;9-,10-;10-,11+;9-,10-/m11101/s1. The number of nitrogens with zero attached hydrogens (tertiary/aromatic N) is 2. The molecular formula is C68H74Cl2F2N5O20S5-5. The highest BCUT2D eigenvalue weighted by Crippen LogP contribution is 2.33. The summed E-state index contributed by atoms with van der Waals surface area (Å²) in [5, 5.41) is 50.1. The summed E-state index contributed by atoms with van der Waals surface area (Å²) in [7, 11) is 0. The van der Waals surface area contributed by atoms with Gasteiger partial charge in [-0.1, -0.05) is 236 Å². The number of carbonyl (C=O) groups excluding carboxylic acids is 2. The first-order chi connectivity index (χ1) is 48.7. The van der Waals surface area contributed by atoms with Gasteiger partial charge >= 0.3 is 5.97 Å². The van der Waals surface area contributed by atoms with Gasteiger partial charge < -0.3 is 79.3 Å². The maximum absolute atomic E-state index is 13.3. The van der Waals surface area contributed by atoms with E-state index in [1.165, 1.54) is 36.4 Å². The molecule has 0 fully saturated rings. The molecule has 15 atom stereocenters. The molecule has 0 aromatic heterocycles. The van der Waals surface area contributed by atoms with Gasteiger partial charge in [0.2, 0.25) is 11.8 Å². The molecule has 2 aliphatic rings. The normalized spacial score (nSPS) is 18.5. The summed E-state index contributed by atoms with van der Waals surface area (Å²) in [5.41, 5.74) is 18.8. The van der Waals surface area contributed by atoms with Gasteiger partial charge in [-0.15, -0.1) is 0 Å². The summed E-state index contributed by atoms with van der Waals surface area (Å²) in [6, 6.07) is 47.4. The summed E-state index contributed by atoms with van der Waals surface area (Å²) >= 11 is -0.0579. The second kappa shape index (κ2) is 44.7. The number of amides is 1. The van der Waals surface area contributed by atoms with Crippen molar-refractivity contribution < 1.29 is 102 Å². The molecule has 10 N–H and O–H groups in total. The molecule has 25 nitrogen and oxygen atoms in total. The van der Waals surface area contributed by atoms with E-state index in [1.807, 2.05) is 72.8 Å². The summed E-state index contributed by atoms with van der Waals surface area (Å²) in [6.07, 6.45) is -4.32. The van der Waals surface area contributed by atoms with E-state index >= 15 is 0 Å². The third kappa shape index (κ3) is 28.6. The molecule has 102 heavy (non-hydrogen) atoms. The fourth-order valence-electron chi connectivity index (χ4n) is 9.50. The lowest BCUT2D eigenvalue weighted by Gasteiger charge is -2.22. The van der Waals surface area contributed by atoms with E-state index in [9.17, 15) is 82.6 Å². The number of carbonyl (C=O) groups is 2. The van der Waals surface area contributed by atoms with Crippen molar-refractivity contribution in [2.75, 3.05) is 33.2 Å². The molecule has 5 unspecified atom stereocenters. The van der Waals surface area contributed by atoms with E-state index in [4.69, 9.17) is 54.0 Å². The summed E-state index contributed by atoms with van der Waals surface area (Å²) in [6.45, 7) is -0.226. The van der Waals surface area contributed by atoms with Crippen LogP contribution in [0, 0.1) is 0 Å². The highest BCUT2D eigenvalue weighted by atomic mass is 35.5. The Balaban J connectivity index is 0.000000231. The molecule has 0 saturated heterocycles. The zero-order valence-corrected chi connectivity index (χ0v) is 59.8. The molecule has 0 spiro atoms. The Bertz CT molecular complexity index is 3770. The number of hydrogen-bond donors (Lipinski definition) is 8. The van der Waals surface area contributed by atoms with Crippen molar-refractivity contribution in [1.29, 1.82) is 0 Å². The Morgan fingerprint density at radius 1 is 0.529 bits per heavy atom. The Labute approximate surface area is 610 Å². The van der Waals surface area contributed by atoms with Crippen LogP contribution in [0.3, 0.4) is 0 Å². The number of aliphatic imine (C=N–C) groups is 2. The van der Waals surface area contributed by atoms with Crippen molar-refractivity contribution >= 4 is 102 Å². The van der Waals surface area contributed by atoms with Crippen molar-refractivity contribution in [3.63, 3.8) is 0 Å². The first-order valence-electron chi connectivity index (χ1n) is 30.7. The minimum absolute atomic E-state index is 0.0129. The number of aliphatic hydroxyl groups is 5. The van der Waals surface area contributed by atoms with Crippen LogP contribution in [0.15, 0.2) is 192 Å². The maximum Gasteiger partial charge on any atom is 0.325 e. The molecule has 34 heteroatoms. The Kier molecular flexibility index (Phi) is 37.6. The van der Waals surface area contributed by atoms with Crippen LogP contribution in [0.1, 0.15) is 104 Å². The molecule has 2 heterocycles. The first kappa shape index (κ1) is 85.8. The highest BCUT2D eigenvalue weighted by Gasteiger charge is 2.34. The van der Waals surface area contributed by atoms with E-state index in [1.54, 1.807) is 79.7 Å². The van der Waals surface area contributed by atoms with Gasteiger partial charge in [-0.3, -0.25) is 30.6 Å². The molecule has 2 aliphatic heterocycles. The average molecular weight is 1550 g/mol. The molecule has 0 bridgehead atoms. The fourth-order valence-corrected chi connectivity index (χ4v) is 11.9. The van der Waals surface area contributed by atoms with Gasteiger partial charge in [-0.2, -0.15) is 0 Å². The lowest BCUT2D eigenvalue weighted by Crippen LogP contribution is -2.43. The van der Waals surface area contributed by atoms with Crippen LogP contribution in [0.5, 0.6) is 0 Å². The van der Waals surface area contributed by atoms with Crippen molar-refractivity contribution in [3.05, 3.63) is 249 Å². The SMILES string of the molecule is CCOC(=O)[C@@H](N)[C@H](O)c1ccc(CS(=O)[O-])cc1.N[C@H](CO)[C@H](O)c1ccc(CS(=O)[O-])cc1.O=C(N[C@H](CF)[C@H](O)c1ccc(CS(=O)[O-])cc1)C(Cl)Cl.O=S([O-])Cc1ccc([C@H]2OC(c3ccccc3)=N[C@@H]2CF)cc1.O=S([O-])Cc1ccc([C@H]2OC(c3ccccc3)=N[C@@H]2CO)cc1. The molecule has 0 aliphatic carbocycles. The van der Waals surface area contributed by atoms with Gasteiger partial charge in [0.25, 0.3) is 5.91 Å². The van der Waals surface area contributed by atoms with E-state index in [-0.39, 0.29) is 60.7 Å². The van der Waals surface area contributed by atoms with Crippen LogP contribution in [0.2, 0.25) is 0 Å². The van der Waals surface area contributed by atoms with Gasteiger partial charge in [-0.05, 0) is 86.8 Å². The summed E-state index contributed by atoms with van der Waals surface area (Å²) in [5.74, 6) is -0.895. The van der Waals surface area contributed by atoms with Crippen LogP contribution < -0.4 is 16.8 Å². The largest absolute Gasteiger partial charge is 0.772 e. The van der Waals surface area contributed by atoms with Gasteiger partial charge in [0.1, 0.15) is 43.7 Å². The van der Waals surface area contributed by atoms with E-state index in [0.29, 0.717) is 56.3 Å². The van der Waals surface area contributed by atoms with Crippen LogP contribution in [0.4, 0.5) is 8.78 Å². The van der Waals surface area contributed by atoms with Crippen molar-refractivity contribution in [1.82, 2.24) is 5.32 Å². The zero-order valence-electron chi connectivity index (χ0n) is 54.2. The van der Waals surface area contributed by atoms with E-state index < -0.39 is 134 Å². The second-order valence-corrected chi connectivity index (χ2v) is 27.7. The van der Waals surface area contributed by atoms with Crippen LogP contribution in [-0.4, -0.2) is 161 Å². The summed E-state index contributed by atoms with van der Waals surface area (Å²) < 4.78 is 149. The lowest BCUT2D eigenvalue weighted by molar-refractivity contribution is -0.147. The topological polar surface area (TPSA) is 452 Å². The number of halogens is 4. The maximum atomic E-state index is 13.3. The summed E-state index contributed by atoms with van der Waals surface area (Å²) in [4.78, 5) is 30.1. The van der Waals surface area contributed by atoms with Gasteiger partial charge in [0.05, 0.1) is 38.0 Å². The van der Waals surface area contributed by atoms with Crippen LogP contribution >= 0.6 is 23.2 Å². The molecular weight excluding hydrogens is 1480 g/mol. The van der Waals surface area contributed by atoms with E-state index in [0.717, 1.165) is 22.3 Å². The Morgan fingerprint density at radius 2 is 0.863 bits per heavy atom. The quantitative estimate of drug-likeness (QED) is 0.0167. The second-order valence-electron chi connectivity index (χ2n) is 22.1. The predicted molar refractivity (Wildman–Crippen MR) is 378 cm³/mol. The van der Waals surface area contributed by atoms with Crippen molar-refractivity contribution in [3.8, 4) is 0 Å². The van der Waals surface area contributed by atoms with Gasteiger partial charge in [-0.25, -0.2) is 18.8 Å². The molecule has 7 aromatic rings. The van der Waals surface area contributed by atoms with Gasteiger partial charge in [0, 0.05) is 39.9 Å². The molecule has 554 valence electrons. The number of nitrogens with two attached hydrogens (primary N) is 2. The van der Waals surface area contributed by atoms with Crippen molar-refractivity contribution in [2.24, 2.45) is 21.5 Å². The number of nitrogens with one attached hydrogen (secondary N) is 1. The van der Waals surface area contributed by atoms with Crippen LogP contribution in [0.25, 0.3) is 0 Å². The first-order valence-corrected chi connectivity index (χ1v) is 37.8. The lowest BCUT2D eigenvalue weighted by atomic mass is 10.0. The van der Waals surface area contributed by atoms with E-state index in [2.05, 4.69) is 15.3 Å². The number of esters is 1. The monoisotopic (exact) mass is 1550 g/mol. The average Bonchev–Trinajstić information content (AvgIpc) is 1.60. The molecule has 0 saturated carbocycles. The molecule has 7 aromatic carbocycles. The number of rotatable bonds is 28. The smallest absolute Gasteiger partial charge is 0.325 e. The minimum Gasteiger partial charge on any atom is -0.772 e. The number of alkyl halides is 4. The molecule has 0 radical (unpaired) electrons. The van der Waals surface area contributed by atoms with Crippen molar-refractivity contribution in [2.45, 2.75) is 101 Å². The third-order valence-corrected chi connectivity index (χ3v) is 18.0. The number of hydrogen-bond acceptors (Lipinski definition) is 24. The number of benzene rings is 7. The molecule has 9 rings (SSSR count). The van der Waals surface area contributed by atoms with Gasteiger partial charge in [0.15, 0.2) is 17.0 Å². The minimum atomic E-state index is -2.22. The Morgan fingerprint density at radius 3 is 1.18 bits per heavy atom. The van der Waals surface area contributed by atoms with Crippen LogP contribution in [-0.2, 0) is 108 Å². The zero-order chi connectivity index (χ0) is 75.0. The molecule has 1 amide bonds. The number of aliphatic hydroxyl groups excluding tert-OH is 5. The predicted octanol–water partition coefficient (Wildman–Crippen LogP) is 5.63. The number of ether oxygens (including phenoxy) is 3. The fraction of sp³-hybridized carbons (Fsp3) is 0.324.